The third kappa shape index (κ3) is 4.60. The number of unbranched alkanes of at least 4 members (excludes halogenated alkanes) is 1. The number of nitrogens with zero attached hydrogens (tertiary/aromatic N) is 3. The maximum Gasteiger partial charge on any atom is 0.301 e. The average Bonchev–Trinajstić information content (AvgIpc) is 3.58. The number of fused-ring (bicyclic) bond motifs is 1. The molecule has 1 fully saturated rings. The van der Waals surface area contributed by atoms with Gasteiger partial charge in [0.1, 0.15) is 22.6 Å². The summed E-state index contributed by atoms with van der Waals surface area (Å²) in [5.41, 5.74) is 1.90. The molecule has 0 radical (unpaired) electrons. The Morgan fingerprint density at radius 1 is 1.18 bits per heavy atom. The van der Waals surface area contributed by atoms with Crippen LogP contribution in [0, 0.1) is 6.92 Å². The number of aryl methyl sites for hydroxylation is 1. The number of ketones is 1. The van der Waals surface area contributed by atoms with Gasteiger partial charge in [0.25, 0.3) is 5.78 Å². The van der Waals surface area contributed by atoms with Crippen molar-refractivity contribution in [1.82, 2.24) is 10.2 Å². The fraction of sp³-hybridized carbons (Fsp3) is 0.357. The predicted octanol–water partition coefficient (Wildman–Crippen LogP) is 4.98. The van der Waals surface area contributed by atoms with Crippen LogP contribution in [0.3, 0.4) is 0 Å². The van der Waals surface area contributed by atoms with Crippen molar-refractivity contribution in [3.8, 4) is 17.2 Å². The second-order valence-corrected chi connectivity index (χ2v) is 10.5. The molecule has 0 saturated carbocycles. The topological polar surface area (TPSA) is 111 Å². The van der Waals surface area contributed by atoms with Gasteiger partial charge in [-0.1, -0.05) is 30.7 Å². The number of hydrogen-bond donors (Lipinski definition) is 1. The van der Waals surface area contributed by atoms with Gasteiger partial charge in [-0.05, 0) is 61.7 Å². The number of Topliss-reactive ketones (excluding diaryl/α,β-unsaturated/α-hetero) is 1. The van der Waals surface area contributed by atoms with E-state index in [0.717, 1.165) is 24.2 Å². The summed E-state index contributed by atoms with van der Waals surface area (Å²) in [5, 5.41) is 20.6. The number of methoxy groups -OCH3 is 1. The van der Waals surface area contributed by atoms with Crippen LogP contribution in [0.2, 0.25) is 0 Å². The fourth-order valence-corrected chi connectivity index (χ4v) is 5.47. The van der Waals surface area contributed by atoms with Crippen molar-refractivity contribution in [2.45, 2.75) is 52.2 Å². The van der Waals surface area contributed by atoms with Crippen LogP contribution in [-0.2, 0) is 16.0 Å². The second kappa shape index (κ2) is 10.4. The molecule has 0 bridgehead atoms. The highest BCUT2D eigenvalue weighted by Gasteiger charge is 2.48. The van der Waals surface area contributed by atoms with Crippen LogP contribution >= 0.6 is 11.3 Å². The maximum absolute atomic E-state index is 13.4. The SMILES string of the molecule is CCCCOc1ccc([C@@H]2C(=C(O)c3ccc4c(c3)C[C@H](C)O4)C(=O)C(=O)N2c2nnc(C)s2)cc1OC. The van der Waals surface area contributed by atoms with E-state index in [1.54, 1.807) is 43.3 Å². The first kappa shape index (κ1) is 25.7. The number of rotatable bonds is 8. The molecule has 0 spiro atoms. The number of benzene rings is 2. The van der Waals surface area contributed by atoms with E-state index in [9.17, 15) is 14.7 Å². The minimum atomic E-state index is -0.940. The molecule has 5 rings (SSSR count). The standard InChI is InChI=1S/C28H29N3O6S/c1-5-6-11-36-21-10-7-17(14-22(21)35-4)24-23(26(33)27(34)31(24)28-30-29-16(3)38-28)25(32)18-8-9-20-19(13-18)12-15(2)37-20/h7-10,13-15,24,32H,5-6,11-12H2,1-4H3/t15-,24+/m0/s1. The van der Waals surface area contributed by atoms with Crippen molar-refractivity contribution in [3.05, 3.63) is 63.7 Å². The van der Waals surface area contributed by atoms with Crippen LogP contribution in [0.25, 0.3) is 5.76 Å². The molecule has 2 aromatic carbocycles. The molecule has 2 aliphatic heterocycles. The van der Waals surface area contributed by atoms with Crippen molar-refractivity contribution in [1.29, 1.82) is 0 Å². The molecule has 38 heavy (non-hydrogen) atoms. The van der Waals surface area contributed by atoms with Gasteiger partial charge in [0.2, 0.25) is 5.13 Å². The number of anilines is 1. The van der Waals surface area contributed by atoms with Crippen molar-refractivity contribution < 1.29 is 28.9 Å². The summed E-state index contributed by atoms with van der Waals surface area (Å²) < 4.78 is 17.2. The Hall–Kier alpha value is -3.92. The lowest BCUT2D eigenvalue weighted by Gasteiger charge is -2.23. The summed E-state index contributed by atoms with van der Waals surface area (Å²) >= 11 is 1.20. The van der Waals surface area contributed by atoms with Gasteiger partial charge in [0.15, 0.2) is 11.5 Å². The molecule has 2 atom stereocenters. The highest BCUT2D eigenvalue weighted by atomic mass is 32.1. The smallest absolute Gasteiger partial charge is 0.301 e. The van der Waals surface area contributed by atoms with Gasteiger partial charge in [0, 0.05) is 12.0 Å². The molecule has 3 aromatic rings. The Bertz CT molecular complexity index is 1430. The van der Waals surface area contributed by atoms with Gasteiger partial charge in [0.05, 0.1) is 25.3 Å². The molecule has 2 aliphatic rings. The molecule has 1 amide bonds. The second-order valence-electron chi connectivity index (χ2n) is 9.34. The van der Waals surface area contributed by atoms with E-state index in [1.165, 1.54) is 23.3 Å². The normalized spacial score (nSPS) is 19.9. The zero-order chi connectivity index (χ0) is 27.0. The Balaban J connectivity index is 1.64. The summed E-state index contributed by atoms with van der Waals surface area (Å²) in [7, 11) is 1.53. The monoisotopic (exact) mass is 535 g/mol. The number of aromatic nitrogens is 2. The first-order valence-corrected chi connectivity index (χ1v) is 13.4. The highest BCUT2D eigenvalue weighted by molar-refractivity contribution is 7.15. The number of aliphatic hydroxyl groups excluding tert-OH is 1. The van der Waals surface area contributed by atoms with E-state index in [0.29, 0.717) is 40.7 Å². The number of amides is 1. The van der Waals surface area contributed by atoms with E-state index in [1.807, 2.05) is 6.92 Å². The number of carbonyl (C=O) groups is 2. The zero-order valence-electron chi connectivity index (χ0n) is 21.7. The lowest BCUT2D eigenvalue weighted by Crippen LogP contribution is -2.29. The minimum absolute atomic E-state index is 0.0270. The molecule has 1 saturated heterocycles. The molecular formula is C28H29N3O6S. The van der Waals surface area contributed by atoms with Crippen LogP contribution < -0.4 is 19.1 Å². The molecule has 10 heteroatoms. The summed E-state index contributed by atoms with van der Waals surface area (Å²) in [4.78, 5) is 28.1. The summed E-state index contributed by atoms with van der Waals surface area (Å²) in [6, 6.07) is 9.58. The minimum Gasteiger partial charge on any atom is -0.507 e. The van der Waals surface area contributed by atoms with Crippen LogP contribution in [0.1, 0.15) is 54.4 Å². The molecule has 1 aromatic heterocycles. The van der Waals surface area contributed by atoms with Crippen molar-refractivity contribution in [2.75, 3.05) is 18.6 Å². The molecule has 9 nitrogen and oxygen atoms in total. The van der Waals surface area contributed by atoms with Gasteiger partial charge in [-0.2, -0.15) is 0 Å². The van der Waals surface area contributed by atoms with Crippen LogP contribution in [-0.4, -0.2) is 46.8 Å². The van der Waals surface area contributed by atoms with Gasteiger partial charge in [-0.25, -0.2) is 0 Å². The van der Waals surface area contributed by atoms with Crippen LogP contribution in [0.5, 0.6) is 17.2 Å². The average molecular weight is 536 g/mol. The Kier molecular flexibility index (Phi) is 7.07. The quantitative estimate of drug-likeness (QED) is 0.186. The van der Waals surface area contributed by atoms with Gasteiger partial charge >= 0.3 is 5.91 Å². The number of carbonyl (C=O) groups excluding carboxylic acids is 2. The first-order chi connectivity index (χ1) is 18.3. The third-order valence-electron chi connectivity index (χ3n) is 6.59. The maximum atomic E-state index is 13.4. The van der Waals surface area contributed by atoms with Crippen LogP contribution in [0.4, 0.5) is 5.13 Å². The van der Waals surface area contributed by atoms with Crippen LogP contribution in [0.15, 0.2) is 42.0 Å². The van der Waals surface area contributed by atoms with Gasteiger partial charge < -0.3 is 19.3 Å². The summed E-state index contributed by atoms with van der Waals surface area (Å²) in [6.45, 7) is 6.36. The Morgan fingerprint density at radius 2 is 2.00 bits per heavy atom. The number of ether oxygens (including phenoxy) is 3. The molecule has 0 unspecified atom stereocenters. The number of aliphatic hydroxyl groups is 1. The Morgan fingerprint density at radius 3 is 2.71 bits per heavy atom. The van der Waals surface area contributed by atoms with Gasteiger partial charge in [-0.15, -0.1) is 10.2 Å². The fourth-order valence-electron chi connectivity index (χ4n) is 4.75. The van der Waals surface area contributed by atoms with E-state index in [2.05, 4.69) is 17.1 Å². The van der Waals surface area contributed by atoms with Crippen molar-refractivity contribution in [2.24, 2.45) is 0 Å². The van der Waals surface area contributed by atoms with Gasteiger partial charge in [-0.3, -0.25) is 14.5 Å². The Labute approximate surface area is 224 Å². The predicted molar refractivity (Wildman–Crippen MR) is 143 cm³/mol. The molecule has 198 valence electrons. The van der Waals surface area contributed by atoms with Crippen molar-refractivity contribution >= 4 is 33.9 Å². The van der Waals surface area contributed by atoms with E-state index in [-0.39, 0.29) is 22.6 Å². The summed E-state index contributed by atoms with van der Waals surface area (Å²) in [5.74, 6) is -0.0799. The zero-order valence-corrected chi connectivity index (χ0v) is 22.5. The van der Waals surface area contributed by atoms with E-state index >= 15 is 0 Å². The van der Waals surface area contributed by atoms with E-state index < -0.39 is 17.7 Å². The third-order valence-corrected chi connectivity index (χ3v) is 7.43. The lowest BCUT2D eigenvalue weighted by atomic mass is 9.94. The van der Waals surface area contributed by atoms with E-state index in [4.69, 9.17) is 14.2 Å². The van der Waals surface area contributed by atoms with Crippen molar-refractivity contribution in [3.63, 3.8) is 0 Å². The largest absolute Gasteiger partial charge is 0.507 e. The number of hydrogen-bond acceptors (Lipinski definition) is 9. The lowest BCUT2D eigenvalue weighted by molar-refractivity contribution is -0.132. The molecule has 1 N–H and O–H groups in total. The highest BCUT2D eigenvalue weighted by Crippen LogP contribution is 2.45. The molecular weight excluding hydrogens is 506 g/mol. The summed E-state index contributed by atoms with van der Waals surface area (Å²) in [6.07, 6.45) is 2.60. The molecule has 3 heterocycles. The molecule has 0 aliphatic carbocycles. The first-order valence-electron chi connectivity index (χ1n) is 12.5.